The molecule has 0 N–H and O–H groups in total. The van der Waals surface area contributed by atoms with Crippen molar-refractivity contribution in [3.05, 3.63) is 0 Å². The summed E-state index contributed by atoms with van der Waals surface area (Å²) in [5.41, 5.74) is 0. The van der Waals surface area contributed by atoms with Crippen LogP contribution in [0.5, 0.6) is 0 Å². The van der Waals surface area contributed by atoms with Crippen molar-refractivity contribution in [1.29, 1.82) is 0 Å². The number of rotatable bonds is 2. The molecule has 2 unspecified atom stereocenters. The van der Waals surface area contributed by atoms with Gasteiger partial charge in [0.2, 0.25) is 0 Å². The number of fused-ring (bicyclic) bond motifs is 2. The number of hydrogen-bond donors (Lipinski definition) is 0. The van der Waals surface area contributed by atoms with Crippen molar-refractivity contribution < 1.29 is 21.6 Å². The van der Waals surface area contributed by atoms with Gasteiger partial charge in [0.15, 0.2) is 9.84 Å². The maximum Gasteiger partial charge on any atom is 0.282 e. The lowest BCUT2D eigenvalue weighted by atomic mass is 10.3. The van der Waals surface area contributed by atoms with Crippen LogP contribution < -0.4 is 0 Å². The molecule has 0 amide bonds. The van der Waals surface area contributed by atoms with Crippen LogP contribution in [0.4, 0.5) is 0 Å². The maximum atomic E-state index is 12.4. The Morgan fingerprint density at radius 1 is 1.17 bits per heavy atom. The molecule has 3 aliphatic rings. The normalized spacial score (nSPS) is 37.1. The van der Waals surface area contributed by atoms with E-state index in [2.05, 4.69) is 0 Å². The monoisotopic (exact) mass is 296 g/mol. The van der Waals surface area contributed by atoms with Crippen LogP contribution in [0.2, 0.25) is 0 Å². The molecule has 0 aliphatic carbocycles. The first-order valence-electron chi connectivity index (χ1n) is 5.97. The van der Waals surface area contributed by atoms with E-state index in [4.69, 9.17) is 4.74 Å². The van der Waals surface area contributed by atoms with Gasteiger partial charge in [-0.1, -0.05) is 0 Å². The Kier molecular flexibility index (Phi) is 2.94. The molecular formula is C9H16N2O5S2. The molecule has 3 aliphatic heterocycles. The first-order chi connectivity index (χ1) is 8.41. The lowest BCUT2D eigenvalue weighted by Crippen LogP contribution is -2.53. The second kappa shape index (κ2) is 4.14. The van der Waals surface area contributed by atoms with E-state index in [0.717, 1.165) is 0 Å². The largest absolute Gasteiger partial charge is 0.379 e. The van der Waals surface area contributed by atoms with Gasteiger partial charge in [-0.3, -0.25) is 0 Å². The summed E-state index contributed by atoms with van der Waals surface area (Å²) in [5, 5.41) is -0.502. The number of ether oxygens (including phenoxy) is 1. The highest BCUT2D eigenvalue weighted by Gasteiger charge is 2.53. The predicted octanol–water partition coefficient (Wildman–Crippen LogP) is -1.57. The predicted molar refractivity (Wildman–Crippen MR) is 64.0 cm³/mol. The molecule has 0 spiro atoms. The van der Waals surface area contributed by atoms with E-state index >= 15 is 0 Å². The van der Waals surface area contributed by atoms with Crippen molar-refractivity contribution in [3.63, 3.8) is 0 Å². The molecule has 7 nitrogen and oxygen atoms in total. The molecule has 3 fully saturated rings. The molecular weight excluding hydrogens is 280 g/mol. The highest BCUT2D eigenvalue weighted by Crippen LogP contribution is 2.35. The lowest BCUT2D eigenvalue weighted by molar-refractivity contribution is 0.0700. The molecule has 2 atom stereocenters. The van der Waals surface area contributed by atoms with E-state index in [-0.39, 0.29) is 18.3 Å². The van der Waals surface area contributed by atoms with Gasteiger partial charge in [0.05, 0.1) is 24.2 Å². The van der Waals surface area contributed by atoms with Crippen LogP contribution in [0.1, 0.15) is 6.42 Å². The number of sulfone groups is 1. The molecule has 0 radical (unpaired) electrons. The van der Waals surface area contributed by atoms with Crippen LogP contribution in [-0.4, -0.2) is 75.3 Å². The van der Waals surface area contributed by atoms with Crippen molar-refractivity contribution in [3.8, 4) is 0 Å². The second-order valence-electron chi connectivity index (χ2n) is 4.93. The summed E-state index contributed by atoms with van der Waals surface area (Å²) in [6, 6.07) is -0.368. The Balaban J connectivity index is 1.80. The van der Waals surface area contributed by atoms with Gasteiger partial charge in [0.1, 0.15) is 0 Å². The first kappa shape index (κ1) is 12.8. The van der Waals surface area contributed by atoms with E-state index in [1.54, 1.807) is 0 Å². The quantitative estimate of drug-likeness (QED) is 0.615. The van der Waals surface area contributed by atoms with Gasteiger partial charge >= 0.3 is 0 Å². The van der Waals surface area contributed by atoms with Crippen LogP contribution in [0.15, 0.2) is 0 Å². The minimum Gasteiger partial charge on any atom is -0.379 e. The minimum atomic E-state index is -3.52. The van der Waals surface area contributed by atoms with Crippen LogP contribution >= 0.6 is 0 Å². The zero-order valence-electron chi connectivity index (χ0n) is 9.86. The number of hydrogen-bond acceptors (Lipinski definition) is 5. The second-order valence-corrected chi connectivity index (χ2v) is 9.14. The van der Waals surface area contributed by atoms with Crippen molar-refractivity contribution in [2.45, 2.75) is 17.7 Å². The Bertz CT molecular complexity index is 537. The van der Waals surface area contributed by atoms with Crippen LogP contribution in [-0.2, 0) is 24.8 Å². The van der Waals surface area contributed by atoms with E-state index < -0.39 is 25.3 Å². The molecule has 2 bridgehead atoms. The summed E-state index contributed by atoms with van der Waals surface area (Å²) < 4.78 is 55.9. The number of nitrogens with zero attached hydrogens (tertiary/aromatic N) is 2. The summed E-state index contributed by atoms with van der Waals surface area (Å²) >= 11 is 0. The Morgan fingerprint density at radius 2 is 1.83 bits per heavy atom. The highest BCUT2D eigenvalue weighted by atomic mass is 32.2. The summed E-state index contributed by atoms with van der Waals surface area (Å²) in [4.78, 5) is 0. The van der Waals surface area contributed by atoms with Gasteiger partial charge in [0.25, 0.3) is 10.2 Å². The van der Waals surface area contributed by atoms with E-state index in [1.807, 2.05) is 0 Å². The molecule has 0 aromatic rings. The van der Waals surface area contributed by atoms with Gasteiger partial charge in [0, 0.05) is 25.7 Å². The van der Waals surface area contributed by atoms with Gasteiger partial charge < -0.3 is 4.74 Å². The standard InChI is InChI=1S/C9H16N2O5S2/c12-17(13)7-8-5-9(17)6-11(8)18(14,15)10-1-3-16-4-2-10/h8-9H,1-7H2. The van der Waals surface area contributed by atoms with Gasteiger partial charge in [-0.2, -0.15) is 17.0 Å². The molecule has 0 aromatic heterocycles. The fraction of sp³-hybridized carbons (Fsp3) is 1.00. The molecule has 3 rings (SSSR count). The lowest BCUT2D eigenvalue weighted by Gasteiger charge is -2.33. The smallest absolute Gasteiger partial charge is 0.282 e. The highest BCUT2D eigenvalue weighted by molar-refractivity contribution is 7.92. The molecule has 104 valence electrons. The average molecular weight is 296 g/mol. The summed E-state index contributed by atoms with van der Waals surface area (Å²) in [5.74, 6) is -0.0266. The third-order valence-corrected chi connectivity index (χ3v) is 8.12. The molecule has 0 saturated carbocycles. The molecule has 0 aromatic carbocycles. The zero-order valence-corrected chi connectivity index (χ0v) is 11.5. The molecule has 3 heterocycles. The van der Waals surface area contributed by atoms with Crippen LogP contribution in [0.25, 0.3) is 0 Å². The zero-order chi connectivity index (χ0) is 13.0. The molecule has 9 heteroatoms. The van der Waals surface area contributed by atoms with Crippen molar-refractivity contribution in [1.82, 2.24) is 8.61 Å². The van der Waals surface area contributed by atoms with Gasteiger partial charge in [-0.05, 0) is 6.42 Å². The maximum absolute atomic E-state index is 12.4. The van der Waals surface area contributed by atoms with Crippen LogP contribution in [0, 0.1) is 0 Å². The number of morpholine rings is 1. The Morgan fingerprint density at radius 3 is 2.33 bits per heavy atom. The molecule has 18 heavy (non-hydrogen) atoms. The first-order valence-corrected chi connectivity index (χ1v) is 9.09. The minimum absolute atomic E-state index is 0.0266. The fourth-order valence-corrected chi connectivity index (χ4v) is 6.90. The Hall–Kier alpha value is -0.220. The topological polar surface area (TPSA) is 84.0 Å². The van der Waals surface area contributed by atoms with Gasteiger partial charge in [-0.15, -0.1) is 0 Å². The third kappa shape index (κ3) is 1.88. The van der Waals surface area contributed by atoms with Crippen molar-refractivity contribution >= 4 is 20.0 Å². The van der Waals surface area contributed by atoms with Crippen molar-refractivity contribution in [2.24, 2.45) is 0 Å². The van der Waals surface area contributed by atoms with Crippen LogP contribution in [0.3, 0.4) is 0 Å². The summed E-state index contributed by atoms with van der Waals surface area (Å²) in [7, 11) is -6.58. The van der Waals surface area contributed by atoms with E-state index in [1.165, 1.54) is 8.61 Å². The van der Waals surface area contributed by atoms with Crippen molar-refractivity contribution in [2.75, 3.05) is 38.6 Å². The van der Waals surface area contributed by atoms with Gasteiger partial charge in [-0.25, -0.2) is 8.42 Å². The summed E-state index contributed by atoms with van der Waals surface area (Å²) in [6.07, 6.45) is 0.450. The fourth-order valence-electron chi connectivity index (χ4n) is 2.87. The van der Waals surface area contributed by atoms with E-state index in [0.29, 0.717) is 32.7 Å². The summed E-state index contributed by atoms with van der Waals surface area (Å²) in [6.45, 7) is 1.62. The van der Waals surface area contributed by atoms with E-state index in [9.17, 15) is 16.8 Å². The molecule has 3 saturated heterocycles. The average Bonchev–Trinajstić information content (AvgIpc) is 2.86. The third-order valence-electron chi connectivity index (χ3n) is 3.85. The SMILES string of the molecule is O=S1(=O)CC2CC1CN2S(=O)(=O)N1CCOCC1. The Labute approximate surface area is 107 Å².